The van der Waals surface area contributed by atoms with Crippen LogP contribution >= 0.6 is 33.9 Å². The predicted molar refractivity (Wildman–Crippen MR) is 159 cm³/mol. The molecule has 1 fully saturated rings. The van der Waals surface area contributed by atoms with Gasteiger partial charge in [0.15, 0.2) is 11.4 Å². The monoisotopic (exact) mass is 642 g/mol. The number of nitrogens with zero attached hydrogens (tertiary/aromatic N) is 2. The molecule has 0 aliphatic carbocycles. The number of esters is 1. The Hall–Kier alpha value is -1.11. The third-order valence-corrected chi connectivity index (χ3v) is 9.41. The van der Waals surface area contributed by atoms with Gasteiger partial charge in [-0.2, -0.15) is 0 Å². The van der Waals surface area contributed by atoms with Gasteiger partial charge in [-0.3, -0.25) is 14.6 Å². The second-order valence-corrected chi connectivity index (χ2v) is 13.8. The fourth-order valence-electron chi connectivity index (χ4n) is 4.43. The molecule has 0 aromatic carbocycles. The lowest BCUT2D eigenvalue weighted by Crippen LogP contribution is -2.45. The summed E-state index contributed by atoms with van der Waals surface area (Å²) in [6.45, 7) is 11.2. The van der Waals surface area contributed by atoms with E-state index in [2.05, 4.69) is 9.98 Å². The molecule has 0 amide bonds. The number of hydrogen-bond donors (Lipinski definition) is 1. The summed E-state index contributed by atoms with van der Waals surface area (Å²) >= 11 is 3.56. The van der Waals surface area contributed by atoms with Crippen LogP contribution in [0.2, 0.25) is 5.82 Å². The van der Waals surface area contributed by atoms with Crippen LogP contribution in [0.25, 0.3) is 6.08 Å². The molecule has 0 spiro atoms. The Morgan fingerprint density at radius 2 is 2.00 bits per heavy atom. The maximum Gasteiger partial charge on any atom is 0.306 e. The van der Waals surface area contributed by atoms with Crippen LogP contribution in [0.3, 0.4) is 0 Å². The molecule has 1 unspecified atom stereocenters. The highest BCUT2D eigenvalue weighted by atomic mass is 127. The molecule has 0 bridgehead atoms. The molecule has 1 aliphatic rings. The number of hydrogen-bond acceptors (Lipinski definition) is 8. The molecule has 37 heavy (non-hydrogen) atoms. The topological polar surface area (TPSA) is 98.1 Å². The summed E-state index contributed by atoms with van der Waals surface area (Å²) in [5.41, 5.74) is 0.500. The van der Waals surface area contributed by atoms with Crippen molar-refractivity contribution in [1.82, 2.24) is 4.98 Å². The average molecular weight is 642 g/mol. The number of rotatable bonds is 3. The fraction of sp³-hybridized carbons (Fsp3) is 0.704. The molecule has 1 aromatic heterocycles. The summed E-state index contributed by atoms with van der Waals surface area (Å²) < 4.78 is 11.2. The van der Waals surface area contributed by atoms with Crippen molar-refractivity contribution in [2.24, 2.45) is 16.8 Å². The lowest BCUT2D eigenvalue weighted by Gasteiger charge is -2.36. The Morgan fingerprint density at radius 1 is 1.32 bits per heavy atom. The molecule has 2 rings (SSSR count). The summed E-state index contributed by atoms with van der Waals surface area (Å²) in [4.78, 5) is 35.2. The minimum atomic E-state index is -1.08. The molecule has 1 N–H and O–H groups in total. The molecule has 2 radical (unpaired) electrons. The Bertz CT molecular complexity index is 997. The number of carbonyl (C=O) groups is 2. The van der Waals surface area contributed by atoms with Crippen LogP contribution in [0.15, 0.2) is 15.9 Å². The van der Waals surface area contributed by atoms with Gasteiger partial charge in [0.2, 0.25) is 0 Å². The summed E-state index contributed by atoms with van der Waals surface area (Å²) in [6, 6.07) is 0. The number of carbonyl (C=O) groups excluding carboxylic acids is 2. The smallest absolute Gasteiger partial charge is 0.306 e. The zero-order chi connectivity index (χ0) is 28.0. The van der Waals surface area contributed by atoms with Gasteiger partial charge in [-0.1, -0.05) is 42.9 Å². The lowest BCUT2D eigenvalue weighted by molar-refractivity contribution is -0.160. The number of aliphatic hydroxyl groups is 1. The lowest BCUT2D eigenvalue weighted by atomic mass is 9.70. The first kappa shape index (κ1) is 32.1. The van der Waals surface area contributed by atoms with E-state index in [-0.39, 0.29) is 30.8 Å². The molecule has 2 heterocycles. The molecular weight excluding hydrogens is 602 g/mol. The number of thiazole rings is 1. The van der Waals surface area contributed by atoms with Gasteiger partial charge in [0.05, 0.1) is 40.8 Å². The molecular formula is C27H40BIN2O5S. The highest BCUT2D eigenvalue weighted by molar-refractivity contribution is 14.1. The van der Waals surface area contributed by atoms with Crippen molar-refractivity contribution in [3.8, 4) is 0 Å². The van der Waals surface area contributed by atoms with Gasteiger partial charge in [-0.05, 0) is 63.9 Å². The van der Waals surface area contributed by atoms with E-state index < -0.39 is 32.8 Å². The maximum absolute atomic E-state index is 13.4. The van der Waals surface area contributed by atoms with Gasteiger partial charge in [0.1, 0.15) is 0 Å². The molecule has 204 valence electrons. The van der Waals surface area contributed by atoms with E-state index in [4.69, 9.17) is 17.3 Å². The summed E-state index contributed by atoms with van der Waals surface area (Å²) in [7, 11) is 8.11. The first-order valence-corrected chi connectivity index (χ1v) is 14.7. The minimum absolute atomic E-state index is 0.0866. The molecule has 7 atom stereocenters. The largest absolute Gasteiger partial charge is 0.452 e. The molecule has 1 aliphatic heterocycles. The quantitative estimate of drug-likeness (QED) is 0.161. The Morgan fingerprint density at radius 3 is 2.59 bits per heavy atom. The van der Waals surface area contributed by atoms with E-state index in [9.17, 15) is 14.7 Å². The molecule has 10 heteroatoms. The number of halogens is 1. The van der Waals surface area contributed by atoms with E-state index in [1.165, 1.54) is 0 Å². The normalized spacial score (nSPS) is 36.0. The second-order valence-electron chi connectivity index (χ2n) is 10.5. The van der Waals surface area contributed by atoms with Gasteiger partial charge in [0, 0.05) is 31.0 Å². The standard InChI is InChI=1S/C27H40BIN2O5S/c1-16-9-8-10-21(13-30-7)35-15-26(5,17(2)11-20-14-37-19(4)31-20)36-23(32)12-22(28)27(6,29)25(34)18(3)24(16)33/h11,13-14,16,18,21-22,24,33H,8-10,12,15H2,1-7H3/b17-11+,30-13?/t16-,18+,21+,22+,24-,26?,27-/m0/s1. The second kappa shape index (κ2) is 13.8. The first-order chi connectivity index (χ1) is 17.2. The Labute approximate surface area is 240 Å². The number of aryl methyl sites for hydroxylation is 1. The molecule has 1 aromatic rings. The first-order valence-electron chi connectivity index (χ1n) is 12.7. The minimum Gasteiger partial charge on any atom is -0.452 e. The van der Waals surface area contributed by atoms with Gasteiger partial charge >= 0.3 is 5.97 Å². The number of ether oxygens (including phenoxy) is 2. The van der Waals surface area contributed by atoms with Crippen LogP contribution in [-0.2, 0) is 19.1 Å². The fourth-order valence-corrected chi connectivity index (χ4v) is 5.71. The van der Waals surface area contributed by atoms with E-state index >= 15 is 0 Å². The van der Waals surface area contributed by atoms with Crippen LogP contribution < -0.4 is 0 Å². The van der Waals surface area contributed by atoms with E-state index in [0.29, 0.717) is 6.42 Å². The van der Waals surface area contributed by atoms with E-state index in [1.54, 1.807) is 38.4 Å². The Balaban J connectivity index is 2.42. The Kier molecular flexibility index (Phi) is 12.0. The van der Waals surface area contributed by atoms with Crippen molar-refractivity contribution >= 4 is 65.8 Å². The number of ketones is 1. The van der Waals surface area contributed by atoms with Crippen molar-refractivity contribution in [2.75, 3.05) is 13.7 Å². The number of alkyl halides is 1. The number of cyclic esters (lactones) is 1. The van der Waals surface area contributed by atoms with Crippen LogP contribution in [-0.4, -0.2) is 70.8 Å². The van der Waals surface area contributed by atoms with Crippen molar-refractivity contribution in [3.05, 3.63) is 21.7 Å². The van der Waals surface area contributed by atoms with Gasteiger partial charge < -0.3 is 14.6 Å². The van der Waals surface area contributed by atoms with Crippen molar-refractivity contribution < 1.29 is 24.2 Å². The third kappa shape index (κ3) is 8.70. The number of Topliss-reactive ketones (excluding diaryl/α,β-unsaturated/α-hetero) is 1. The van der Waals surface area contributed by atoms with Gasteiger partial charge in [-0.25, -0.2) is 4.98 Å². The number of aliphatic imine (C=N–C) groups is 1. The van der Waals surface area contributed by atoms with E-state index in [0.717, 1.165) is 29.1 Å². The number of aliphatic hydroxyl groups excluding tert-OH is 1. The van der Waals surface area contributed by atoms with Crippen LogP contribution in [0.5, 0.6) is 0 Å². The van der Waals surface area contributed by atoms with Crippen molar-refractivity contribution in [2.45, 2.75) is 94.3 Å². The SMILES string of the molecule is [B][C@@H]1CC(=O)OC(C)(/C(C)=C/c2csc(C)n2)CO[C@@H](C=NC)CCC[C@H](C)[C@H](O)[C@@H](C)C(=O)[C@@]1(C)I. The van der Waals surface area contributed by atoms with Crippen molar-refractivity contribution in [3.63, 3.8) is 0 Å². The maximum atomic E-state index is 13.4. The highest BCUT2D eigenvalue weighted by Crippen LogP contribution is 2.39. The van der Waals surface area contributed by atoms with E-state index in [1.807, 2.05) is 61.7 Å². The zero-order valence-corrected chi connectivity index (χ0v) is 26.0. The molecule has 7 nitrogen and oxygen atoms in total. The summed E-state index contributed by atoms with van der Waals surface area (Å²) in [5, 5.41) is 13.8. The zero-order valence-electron chi connectivity index (χ0n) is 23.0. The molecule has 0 saturated carbocycles. The highest BCUT2D eigenvalue weighted by Gasteiger charge is 2.43. The van der Waals surface area contributed by atoms with Crippen molar-refractivity contribution in [1.29, 1.82) is 0 Å². The van der Waals surface area contributed by atoms with Crippen LogP contribution in [0.1, 0.15) is 71.0 Å². The van der Waals surface area contributed by atoms with Gasteiger partial charge in [-0.15, -0.1) is 11.3 Å². The summed E-state index contributed by atoms with van der Waals surface area (Å²) in [6.07, 6.45) is 4.60. The average Bonchev–Trinajstić information content (AvgIpc) is 3.24. The van der Waals surface area contributed by atoms with Gasteiger partial charge in [0.25, 0.3) is 0 Å². The summed E-state index contributed by atoms with van der Waals surface area (Å²) in [5.74, 6) is -2.19. The van der Waals surface area contributed by atoms with Crippen LogP contribution in [0.4, 0.5) is 0 Å². The number of aromatic nitrogens is 1. The van der Waals surface area contributed by atoms with Crippen LogP contribution in [0, 0.1) is 18.8 Å². The molecule has 1 saturated heterocycles. The predicted octanol–water partition coefficient (Wildman–Crippen LogP) is 5.17. The third-order valence-electron chi connectivity index (χ3n) is 7.28.